The van der Waals surface area contributed by atoms with Gasteiger partial charge in [-0.2, -0.15) is 0 Å². The van der Waals surface area contributed by atoms with E-state index in [-0.39, 0.29) is 12.0 Å². The molecule has 1 N–H and O–H groups in total. The minimum atomic E-state index is -0.153. The van der Waals surface area contributed by atoms with Crippen molar-refractivity contribution in [2.24, 2.45) is 0 Å². The molecule has 1 fully saturated rings. The van der Waals surface area contributed by atoms with Crippen molar-refractivity contribution in [1.82, 2.24) is 10.2 Å². The van der Waals surface area contributed by atoms with E-state index < -0.39 is 0 Å². The lowest BCUT2D eigenvalue weighted by atomic mass is 10.2. The normalized spacial score (nSPS) is 22.0. The maximum absolute atomic E-state index is 12.7. The number of nitrogens with zero attached hydrogens (tertiary/aromatic N) is 1. The number of hydrogen-bond donors (Lipinski definition) is 1. The fourth-order valence-corrected chi connectivity index (χ4v) is 4.42. The van der Waals surface area contributed by atoms with Crippen molar-refractivity contribution in [1.29, 1.82) is 0 Å². The second-order valence-electron chi connectivity index (χ2n) is 6.53. The second-order valence-corrected chi connectivity index (χ2v) is 7.65. The number of para-hydroxylation sites is 2. The van der Waals surface area contributed by atoms with Crippen LogP contribution >= 0.6 is 11.3 Å². The number of likely N-dealkylation sites (N-methyl/N-ethyl adjacent to an activating group) is 1. The molecule has 0 saturated carbocycles. The third kappa shape index (κ3) is 3.50. The SMILES string of the molecule is CN(CC1COc2ccccc2O1)C(=O)c1ccc(C2CCCN2)s1. The van der Waals surface area contributed by atoms with Crippen LogP contribution in [0.25, 0.3) is 0 Å². The molecule has 132 valence electrons. The molecule has 2 aliphatic rings. The fraction of sp³-hybridized carbons (Fsp3) is 0.421. The van der Waals surface area contributed by atoms with Gasteiger partial charge >= 0.3 is 0 Å². The minimum Gasteiger partial charge on any atom is -0.486 e. The van der Waals surface area contributed by atoms with E-state index in [4.69, 9.17) is 9.47 Å². The highest BCUT2D eigenvalue weighted by Crippen LogP contribution is 2.32. The zero-order valence-electron chi connectivity index (χ0n) is 14.2. The lowest BCUT2D eigenvalue weighted by Crippen LogP contribution is -2.41. The van der Waals surface area contributed by atoms with Crippen molar-refractivity contribution < 1.29 is 14.3 Å². The van der Waals surface area contributed by atoms with Gasteiger partial charge in [-0.1, -0.05) is 12.1 Å². The van der Waals surface area contributed by atoms with Crippen LogP contribution in [0.2, 0.25) is 0 Å². The van der Waals surface area contributed by atoms with E-state index in [9.17, 15) is 4.79 Å². The number of amides is 1. The standard InChI is InChI=1S/C19H22N2O3S/c1-21(11-13-12-23-15-6-2-3-7-16(15)24-13)19(22)18-9-8-17(25-18)14-5-4-10-20-14/h2-3,6-9,13-14,20H,4-5,10-12H2,1H3. The Balaban J connectivity index is 1.38. The maximum Gasteiger partial charge on any atom is 0.263 e. The molecule has 4 rings (SSSR count). The van der Waals surface area contributed by atoms with Gasteiger partial charge in [0, 0.05) is 18.0 Å². The van der Waals surface area contributed by atoms with E-state index in [2.05, 4.69) is 11.4 Å². The van der Waals surface area contributed by atoms with Gasteiger partial charge < -0.3 is 19.7 Å². The van der Waals surface area contributed by atoms with Crippen LogP contribution in [0.15, 0.2) is 36.4 Å². The van der Waals surface area contributed by atoms with Crippen LogP contribution in [0.5, 0.6) is 11.5 Å². The van der Waals surface area contributed by atoms with Crippen molar-refractivity contribution >= 4 is 17.2 Å². The molecular formula is C19H22N2O3S. The molecule has 0 aliphatic carbocycles. The first kappa shape index (κ1) is 16.4. The molecular weight excluding hydrogens is 336 g/mol. The Morgan fingerprint density at radius 1 is 1.28 bits per heavy atom. The Morgan fingerprint density at radius 3 is 2.92 bits per heavy atom. The van der Waals surface area contributed by atoms with Gasteiger partial charge in [0.1, 0.15) is 6.61 Å². The first-order valence-electron chi connectivity index (χ1n) is 8.68. The van der Waals surface area contributed by atoms with Crippen LogP contribution < -0.4 is 14.8 Å². The van der Waals surface area contributed by atoms with Crippen LogP contribution in [0.1, 0.15) is 33.4 Å². The summed E-state index contributed by atoms with van der Waals surface area (Å²) >= 11 is 1.59. The number of ether oxygens (including phenoxy) is 2. The second kappa shape index (κ2) is 7.06. The zero-order chi connectivity index (χ0) is 17.2. The number of benzene rings is 1. The fourth-order valence-electron chi connectivity index (χ4n) is 3.31. The summed E-state index contributed by atoms with van der Waals surface area (Å²) in [4.78, 5) is 16.5. The molecule has 2 aliphatic heterocycles. The number of nitrogens with one attached hydrogen (secondary N) is 1. The number of thiophene rings is 1. The number of hydrogen-bond acceptors (Lipinski definition) is 5. The van der Waals surface area contributed by atoms with Gasteiger partial charge in [-0.3, -0.25) is 4.79 Å². The average Bonchev–Trinajstić information content (AvgIpc) is 3.32. The van der Waals surface area contributed by atoms with Crippen LogP contribution in [-0.4, -0.2) is 43.7 Å². The summed E-state index contributed by atoms with van der Waals surface area (Å²) in [6.07, 6.45) is 2.20. The molecule has 1 aromatic carbocycles. The van der Waals surface area contributed by atoms with E-state index in [1.807, 2.05) is 37.4 Å². The van der Waals surface area contributed by atoms with E-state index in [1.54, 1.807) is 16.2 Å². The summed E-state index contributed by atoms with van der Waals surface area (Å²) in [7, 11) is 1.82. The molecule has 1 saturated heterocycles. The number of carbonyl (C=O) groups excluding carboxylic acids is 1. The maximum atomic E-state index is 12.7. The molecule has 6 heteroatoms. The summed E-state index contributed by atoms with van der Waals surface area (Å²) < 4.78 is 11.7. The van der Waals surface area contributed by atoms with Crippen molar-refractivity contribution in [2.45, 2.75) is 25.0 Å². The van der Waals surface area contributed by atoms with Crippen LogP contribution in [-0.2, 0) is 0 Å². The first-order chi connectivity index (χ1) is 12.2. The molecule has 2 aromatic rings. The van der Waals surface area contributed by atoms with E-state index in [0.717, 1.165) is 29.3 Å². The predicted molar refractivity (Wildman–Crippen MR) is 97.6 cm³/mol. The summed E-state index contributed by atoms with van der Waals surface area (Å²) in [6.45, 7) is 2.02. The Hall–Kier alpha value is -2.05. The van der Waals surface area contributed by atoms with E-state index in [1.165, 1.54) is 11.3 Å². The van der Waals surface area contributed by atoms with Gasteiger partial charge in [0.15, 0.2) is 17.6 Å². The topological polar surface area (TPSA) is 50.8 Å². The lowest BCUT2D eigenvalue weighted by Gasteiger charge is -2.29. The molecule has 3 heterocycles. The largest absolute Gasteiger partial charge is 0.486 e. The molecule has 5 nitrogen and oxygen atoms in total. The number of rotatable bonds is 4. The van der Waals surface area contributed by atoms with Gasteiger partial charge in [0.2, 0.25) is 0 Å². The quantitative estimate of drug-likeness (QED) is 0.913. The monoisotopic (exact) mass is 358 g/mol. The number of carbonyl (C=O) groups is 1. The average molecular weight is 358 g/mol. The first-order valence-corrected chi connectivity index (χ1v) is 9.49. The van der Waals surface area contributed by atoms with Crippen molar-refractivity contribution in [3.8, 4) is 11.5 Å². The van der Waals surface area contributed by atoms with E-state index >= 15 is 0 Å². The van der Waals surface area contributed by atoms with Gasteiger partial charge in [0.25, 0.3) is 5.91 Å². The van der Waals surface area contributed by atoms with Gasteiger partial charge in [0.05, 0.1) is 11.4 Å². The third-order valence-corrected chi connectivity index (χ3v) is 5.82. The Morgan fingerprint density at radius 2 is 2.12 bits per heavy atom. The summed E-state index contributed by atoms with van der Waals surface area (Å²) in [5, 5.41) is 3.48. The lowest BCUT2D eigenvalue weighted by molar-refractivity contribution is 0.0524. The van der Waals surface area contributed by atoms with Gasteiger partial charge in [-0.25, -0.2) is 0 Å². The Labute approximate surface area is 151 Å². The van der Waals surface area contributed by atoms with Gasteiger partial charge in [-0.15, -0.1) is 11.3 Å². The molecule has 0 radical (unpaired) electrons. The highest BCUT2D eigenvalue weighted by atomic mass is 32.1. The number of fused-ring (bicyclic) bond motifs is 1. The molecule has 2 atom stereocenters. The highest BCUT2D eigenvalue weighted by molar-refractivity contribution is 7.14. The van der Waals surface area contributed by atoms with Crippen LogP contribution in [0.4, 0.5) is 0 Å². The minimum absolute atomic E-state index is 0.0386. The highest BCUT2D eigenvalue weighted by Gasteiger charge is 2.25. The van der Waals surface area contributed by atoms with E-state index in [0.29, 0.717) is 19.2 Å². The van der Waals surface area contributed by atoms with Crippen molar-refractivity contribution in [2.75, 3.05) is 26.7 Å². The van der Waals surface area contributed by atoms with Crippen molar-refractivity contribution in [3.05, 3.63) is 46.2 Å². The summed E-state index contributed by atoms with van der Waals surface area (Å²) in [6, 6.07) is 12.0. The zero-order valence-corrected chi connectivity index (χ0v) is 15.1. The van der Waals surface area contributed by atoms with Gasteiger partial charge in [-0.05, 0) is 43.7 Å². The Bertz CT molecular complexity index is 755. The summed E-state index contributed by atoms with van der Waals surface area (Å²) in [5.74, 6) is 1.54. The Kier molecular flexibility index (Phi) is 4.63. The summed E-state index contributed by atoms with van der Waals surface area (Å²) in [5.41, 5.74) is 0. The molecule has 25 heavy (non-hydrogen) atoms. The van der Waals surface area contributed by atoms with Crippen molar-refractivity contribution in [3.63, 3.8) is 0 Å². The molecule has 1 amide bonds. The third-order valence-electron chi connectivity index (χ3n) is 4.63. The van der Waals surface area contributed by atoms with Crippen LogP contribution in [0, 0.1) is 0 Å². The van der Waals surface area contributed by atoms with Crippen LogP contribution in [0.3, 0.4) is 0 Å². The predicted octanol–water partition coefficient (Wildman–Crippen LogP) is 3.08. The smallest absolute Gasteiger partial charge is 0.263 e. The molecule has 0 spiro atoms. The molecule has 0 bridgehead atoms. The molecule has 2 unspecified atom stereocenters. The molecule has 1 aromatic heterocycles.